The maximum absolute atomic E-state index is 11.7. The van der Waals surface area contributed by atoms with Gasteiger partial charge in [-0.25, -0.2) is 0 Å². The van der Waals surface area contributed by atoms with Crippen LogP contribution >= 0.6 is 11.6 Å². The Balaban J connectivity index is 1.87. The smallest absolute Gasteiger partial charge is 0.223 e. The standard InChI is InChI=1S/C15H19ClN2O2/c1-11(19)18(14-7-5-13(16)6-8-14)10-9-17-15(20)12-3-2-4-12/h5-8,12H,2-4,9-10H2,1H3,(H,17,20). The third-order valence-corrected chi connectivity index (χ3v) is 3.88. The van der Waals surface area contributed by atoms with Crippen LogP contribution in [0.2, 0.25) is 5.02 Å². The van der Waals surface area contributed by atoms with Crippen LogP contribution in [-0.4, -0.2) is 24.9 Å². The van der Waals surface area contributed by atoms with Gasteiger partial charge in [0.1, 0.15) is 0 Å². The van der Waals surface area contributed by atoms with Crippen molar-refractivity contribution in [1.29, 1.82) is 0 Å². The summed E-state index contributed by atoms with van der Waals surface area (Å²) in [6.45, 7) is 2.45. The van der Waals surface area contributed by atoms with Gasteiger partial charge in [0.15, 0.2) is 0 Å². The molecule has 0 radical (unpaired) electrons. The van der Waals surface area contributed by atoms with Gasteiger partial charge in [0, 0.05) is 36.6 Å². The number of hydrogen-bond donors (Lipinski definition) is 1. The molecule has 4 nitrogen and oxygen atoms in total. The number of amides is 2. The second-order valence-electron chi connectivity index (χ2n) is 5.07. The number of hydrogen-bond acceptors (Lipinski definition) is 2. The Labute approximate surface area is 124 Å². The van der Waals surface area contributed by atoms with Crippen molar-refractivity contribution < 1.29 is 9.59 Å². The van der Waals surface area contributed by atoms with Gasteiger partial charge in [-0.1, -0.05) is 18.0 Å². The molecule has 0 unspecified atom stereocenters. The molecule has 1 aromatic rings. The fourth-order valence-electron chi connectivity index (χ4n) is 2.20. The van der Waals surface area contributed by atoms with Crippen LogP contribution in [0, 0.1) is 5.92 Å². The summed E-state index contributed by atoms with van der Waals surface area (Å²) in [6.07, 6.45) is 3.11. The number of carbonyl (C=O) groups excluding carboxylic acids is 2. The monoisotopic (exact) mass is 294 g/mol. The van der Waals surface area contributed by atoms with E-state index in [0.717, 1.165) is 24.9 Å². The highest BCUT2D eigenvalue weighted by atomic mass is 35.5. The Morgan fingerprint density at radius 1 is 1.30 bits per heavy atom. The van der Waals surface area contributed by atoms with E-state index in [2.05, 4.69) is 5.32 Å². The largest absolute Gasteiger partial charge is 0.354 e. The van der Waals surface area contributed by atoms with Crippen molar-refractivity contribution in [2.75, 3.05) is 18.0 Å². The van der Waals surface area contributed by atoms with E-state index in [1.165, 1.54) is 6.92 Å². The number of nitrogens with zero attached hydrogens (tertiary/aromatic N) is 1. The average Bonchev–Trinajstić information content (AvgIpc) is 2.33. The van der Waals surface area contributed by atoms with E-state index in [4.69, 9.17) is 11.6 Å². The minimum atomic E-state index is -0.0507. The summed E-state index contributed by atoms with van der Waals surface area (Å²) in [6, 6.07) is 7.11. The van der Waals surface area contributed by atoms with Crippen molar-refractivity contribution in [3.63, 3.8) is 0 Å². The lowest BCUT2D eigenvalue weighted by Crippen LogP contribution is -2.41. The van der Waals surface area contributed by atoms with Gasteiger partial charge >= 0.3 is 0 Å². The van der Waals surface area contributed by atoms with Crippen molar-refractivity contribution in [2.24, 2.45) is 5.92 Å². The van der Waals surface area contributed by atoms with Gasteiger partial charge in [-0.2, -0.15) is 0 Å². The number of anilines is 1. The molecule has 108 valence electrons. The lowest BCUT2D eigenvalue weighted by atomic mass is 9.85. The maximum Gasteiger partial charge on any atom is 0.223 e. The molecule has 20 heavy (non-hydrogen) atoms. The maximum atomic E-state index is 11.7. The molecule has 1 aromatic carbocycles. The predicted octanol–water partition coefficient (Wildman–Crippen LogP) is 2.61. The van der Waals surface area contributed by atoms with Gasteiger partial charge < -0.3 is 10.2 Å². The molecule has 0 aromatic heterocycles. The van der Waals surface area contributed by atoms with Crippen LogP contribution in [0.5, 0.6) is 0 Å². The first-order chi connectivity index (χ1) is 9.58. The Morgan fingerprint density at radius 2 is 1.95 bits per heavy atom. The van der Waals surface area contributed by atoms with E-state index in [9.17, 15) is 9.59 Å². The van der Waals surface area contributed by atoms with Crippen molar-refractivity contribution >= 4 is 29.1 Å². The zero-order chi connectivity index (χ0) is 14.5. The van der Waals surface area contributed by atoms with Crippen molar-refractivity contribution in [2.45, 2.75) is 26.2 Å². The number of halogens is 1. The zero-order valence-electron chi connectivity index (χ0n) is 11.6. The number of benzene rings is 1. The zero-order valence-corrected chi connectivity index (χ0v) is 12.3. The highest BCUT2D eigenvalue weighted by Gasteiger charge is 2.24. The Kier molecular flexibility index (Phi) is 5.01. The van der Waals surface area contributed by atoms with Crippen LogP contribution < -0.4 is 10.2 Å². The number of nitrogens with one attached hydrogen (secondary N) is 1. The van der Waals surface area contributed by atoms with Crippen LogP contribution in [0.25, 0.3) is 0 Å². The van der Waals surface area contributed by atoms with Gasteiger partial charge in [0.25, 0.3) is 0 Å². The van der Waals surface area contributed by atoms with Gasteiger partial charge in [-0.3, -0.25) is 9.59 Å². The molecule has 2 rings (SSSR count). The fourth-order valence-corrected chi connectivity index (χ4v) is 2.32. The molecule has 0 bridgehead atoms. The Hall–Kier alpha value is -1.55. The first-order valence-corrected chi connectivity index (χ1v) is 7.27. The summed E-state index contributed by atoms with van der Waals surface area (Å²) in [7, 11) is 0. The Bertz CT molecular complexity index is 483. The minimum Gasteiger partial charge on any atom is -0.354 e. The number of carbonyl (C=O) groups is 2. The predicted molar refractivity (Wildman–Crippen MR) is 79.8 cm³/mol. The SMILES string of the molecule is CC(=O)N(CCNC(=O)C1CCC1)c1ccc(Cl)cc1. The third-order valence-electron chi connectivity index (χ3n) is 3.63. The van der Waals surface area contributed by atoms with E-state index in [1.807, 2.05) is 0 Å². The van der Waals surface area contributed by atoms with Crippen LogP contribution in [0.1, 0.15) is 26.2 Å². The van der Waals surface area contributed by atoms with E-state index >= 15 is 0 Å². The van der Waals surface area contributed by atoms with E-state index in [1.54, 1.807) is 29.2 Å². The lowest BCUT2D eigenvalue weighted by Gasteiger charge is -2.25. The van der Waals surface area contributed by atoms with Gasteiger partial charge in [-0.05, 0) is 37.1 Å². The van der Waals surface area contributed by atoms with Gasteiger partial charge in [0.05, 0.1) is 0 Å². The van der Waals surface area contributed by atoms with Crippen molar-refractivity contribution in [1.82, 2.24) is 5.32 Å². The molecule has 0 heterocycles. The lowest BCUT2D eigenvalue weighted by molar-refractivity contribution is -0.127. The van der Waals surface area contributed by atoms with E-state index < -0.39 is 0 Å². The normalized spacial score (nSPS) is 14.5. The highest BCUT2D eigenvalue weighted by molar-refractivity contribution is 6.30. The van der Waals surface area contributed by atoms with Crippen molar-refractivity contribution in [3.05, 3.63) is 29.3 Å². The number of rotatable bonds is 5. The minimum absolute atomic E-state index is 0.0507. The first-order valence-electron chi connectivity index (χ1n) is 6.89. The van der Waals surface area contributed by atoms with Crippen LogP contribution in [0.15, 0.2) is 24.3 Å². The second kappa shape index (κ2) is 6.75. The Morgan fingerprint density at radius 3 is 2.45 bits per heavy atom. The third kappa shape index (κ3) is 3.73. The second-order valence-corrected chi connectivity index (χ2v) is 5.50. The molecule has 5 heteroatoms. The molecule has 1 aliphatic rings. The van der Waals surface area contributed by atoms with E-state index in [0.29, 0.717) is 18.1 Å². The molecule has 1 aliphatic carbocycles. The van der Waals surface area contributed by atoms with Crippen LogP contribution in [0.4, 0.5) is 5.69 Å². The highest BCUT2D eigenvalue weighted by Crippen LogP contribution is 2.26. The molecule has 0 spiro atoms. The fraction of sp³-hybridized carbons (Fsp3) is 0.467. The quantitative estimate of drug-likeness (QED) is 0.907. The van der Waals surface area contributed by atoms with E-state index in [-0.39, 0.29) is 17.7 Å². The molecule has 0 aliphatic heterocycles. The molecule has 0 saturated heterocycles. The molecular weight excluding hydrogens is 276 g/mol. The summed E-state index contributed by atoms with van der Waals surface area (Å²) in [5.74, 6) is 0.234. The summed E-state index contributed by atoms with van der Waals surface area (Å²) >= 11 is 5.84. The average molecular weight is 295 g/mol. The molecule has 1 saturated carbocycles. The first kappa shape index (κ1) is 14.9. The van der Waals surface area contributed by atoms with Gasteiger partial charge in [0.2, 0.25) is 11.8 Å². The summed E-state index contributed by atoms with van der Waals surface area (Å²) < 4.78 is 0. The van der Waals surface area contributed by atoms with Crippen molar-refractivity contribution in [3.8, 4) is 0 Å². The summed E-state index contributed by atoms with van der Waals surface area (Å²) in [5.41, 5.74) is 0.791. The molecular formula is C15H19ClN2O2. The molecule has 2 amide bonds. The molecule has 1 N–H and O–H groups in total. The van der Waals surface area contributed by atoms with Crippen LogP contribution in [0.3, 0.4) is 0 Å². The molecule has 0 atom stereocenters. The molecule has 1 fully saturated rings. The summed E-state index contributed by atoms with van der Waals surface area (Å²) in [4.78, 5) is 25.0. The topological polar surface area (TPSA) is 49.4 Å². The summed E-state index contributed by atoms with van der Waals surface area (Å²) in [5, 5.41) is 3.53. The van der Waals surface area contributed by atoms with Gasteiger partial charge in [-0.15, -0.1) is 0 Å². The van der Waals surface area contributed by atoms with Crippen LogP contribution in [-0.2, 0) is 9.59 Å².